The van der Waals surface area contributed by atoms with Crippen LogP contribution < -0.4 is 0 Å². The minimum absolute atomic E-state index is 0.0273. The largest absolute Gasteiger partial charge is 0.367 e. The molecule has 0 saturated carbocycles. The van der Waals surface area contributed by atoms with Crippen LogP contribution in [-0.4, -0.2) is 22.5 Å². The van der Waals surface area contributed by atoms with Crippen molar-refractivity contribution in [1.82, 2.24) is 10.1 Å². The number of Topliss-reactive ketones (excluding diaryl/α,β-unsaturated/α-hetero) is 1. The van der Waals surface area contributed by atoms with E-state index in [9.17, 15) is 4.79 Å². The van der Waals surface area contributed by atoms with E-state index < -0.39 is 5.60 Å². The molecule has 1 aliphatic heterocycles. The van der Waals surface area contributed by atoms with E-state index in [4.69, 9.17) is 9.26 Å². The topological polar surface area (TPSA) is 65.2 Å². The maximum Gasteiger partial charge on any atom is 0.234 e. The second-order valence-electron chi connectivity index (χ2n) is 5.51. The highest BCUT2D eigenvalue weighted by atomic mass is 16.5. The molecule has 110 valence electrons. The molecule has 1 atom stereocenters. The van der Waals surface area contributed by atoms with Crippen molar-refractivity contribution in [2.45, 2.75) is 38.2 Å². The van der Waals surface area contributed by atoms with E-state index in [0.717, 1.165) is 19.3 Å². The van der Waals surface area contributed by atoms with Gasteiger partial charge in [0.1, 0.15) is 5.60 Å². The van der Waals surface area contributed by atoms with Gasteiger partial charge in [-0.2, -0.15) is 4.98 Å². The molecule has 1 aliphatic rings. The average Bonchev–Trinajstić information content (AvgIpc) is 2.98. The van der Waals surface area contributed by atoms with Gasteiger partial charge < -0.3 is 9.26 Å². The molecule has 2 aromatic rings. The Kier molecular flexibility index (Phi) is 3.84. The number of benzene rings is 1. The van der Waals surface area contributed by atoms with Crippen molar-refractivity contribution in [3.63, 3.8) is 0 Å². The van der Waals surface area contributed by atoms with Gasteiger partial charge in [0, 0.05) is 12.2 Å². The molecular formula is C16H18N2O3. The van der Waals surface area contributed by atoms with Crippen LogP contribution in [0, 0.1) is 0 Å². The molecule has 1 fully saturated rings. The minimum Gasteiger partial charge on any atom is -0.367 e. The summed E-state index contributed by atoms with van der Waals surface area (Å²) in [6.45, 7) is 2.68. The third-order valence-electron chi connectivity index (χ3n) is 3.82. The lowest BCUT2D eigenvalue weighted by Crippen LogP contribution is -2.31. The molecule has 0 spiro atoms. The highest BCUT2D eigenvalue weighted by Crippen LogP contribution is 2.32. The van der Waals surface area contributed by atoms with E-state index in [-0.39, 0.29) is 12.2 Å². The van der Waals surface area contributed by atoms with Crippen molar-refractivity contribution in [1.29, 1.82) is 0 Å². The van der Waals surface area contributed by atoms with Gasteiger partial charge in [-0.15, -0.1) is 0 Å². The van der Waals surface area contributed by atoms with Gasteiger partial charge in [0.15, 0.2) is 5.78 Å². The van der Waals surface area contributed by atoms with Gasteiger partial charge in [-0.1, -0.05) is 35.5 Å². The van der Waals surface area contributed by atoms with E-state index in [2.05, 4.69) is 10.1 Å². The molecule has 21 heavy (non-hydrogen) atoms. The predicted molar refractivity (Wildman–Crippen MR) is 75.9 cm³/mol. The summed E-state index contributed by atoms with van der Waals surface area (Å²) in [6.07, 6.45) is 3.14. The molecule has 0 aliphatic carbocycles. The number of carbonyl (C=O) groups is 1. The van der Waals surface area contributed by atoms with E-state index in [0.29, 0.717) is 23.9 Å². The summed E-state index contributed by atoms with van der Waals surface area (Å²) in [5, 5.41) is 4.00. The summed E-state index contributed by atoms with van der Waals surface area (Å²) in [5.41, 5.74) is 0.160. The van der Waals surface area contributed by atoms with E-state index in [1.807, 2.05) is 25.1 Å². The highest BCUT2D eigenvalue weighted by molar-refractivity contribution is 5.96. The Bertz CT molecular complexity index is 615. The second kappa shape index (κ2) is 5.77. The van der Waals surface area contributed by atoms with Gasteiger partial charge in [-0.25, -0.2) is 0 Å². The van der Waals surface area contributed by atoms with Crippen molar-refractivity contribution >= 4 is 5.78 Å². The molecule has 2 heterocycles. The van der Waals surface area contributed by atoms with Gasteiger partial charge in [-0.3, -0.25) is 4.79 Å². The van der Waals surface area contributed by atoms with Crippen molar-refractivity contribution in [3.8, 4) is 0 Å². The molecule has 1 aromatic carbocycles. The Morgan fingerprint density at radius 2 is 2.10 bits per heavy atom. The van der Waals surface area contributed by atoms with E-state index >= 15 is 0 Å². The molecule has 5 nitrogen and oxygen atoms in total. The molecule has 3 rings (SSSR count). The Morgan fingerprint density at radius 3 is 2.81 bits per heavy atom. The molecule has 0 N–H and O–H groups in total. The van der Waals surface area contributed by atoms with Crippen LogP contribution in [0.25, 0.3) is 0 Å². The summed E-state index contributed by atoms with van der Waals surface area (Å²) in [6, 6.07) is 9.12. The molecule has 0 amide bonds. The van der Waals surface area contributed by atoms with E-state index in [1.165, 1.54) is 0 Å². The monoisotopic (exact) mass is 286 g/mol. The summed E-state index contributed by atoms with van der Waals surface area (Å²) in [5.74, 6) is 0.854. The lowest BCUT2D eigenvalue weighted by atomic mass is 9.95. The van der Waals surface area contributed by atoms with Crippen LogP contribution in [-0.2, 0) is 16.8 Å². The SMILES string of the molecule is CC1(c2noc(CC(=O)c3ccccc3)n2)CCCCO1. The van der Waals surface area contributed by atoms with Gasteiger partial charge in [0.2, 0.25) is 11.7 Å². The number of carbonyl (C=O) groups excluding carboxylic acids is 1. The van der Waals surface area contributed by atoms with Crippen LogP contribution in [0.4, 0.5) is 0 Å². The summed E-state index contributed by atoms with van der Waals surface area (Å²) in [4.78, 5) is 16.5. The van der Waals surface area contributed by atoms with E-state index in [1.54, 1.807) is 12.1 Å². The van der Waals surface area contributed by atoms with Crippen LogP contribution in [0.5, 0.6) is 0 Å². The zero-order valence-electron chi connectivity index (χ0n) is 12.0. The third kappa shape index (κ3) is 3.03. The molecule has 5 heteroatoms. The average molecular weight is 286 g/mol. The molecule has 0 bridgehead atoms. The van der Waals surface area contributed by atoms with Crippen molar-refractivity contribution in [3.05, 3.63) is 47.6 Å². The fourth-order valence-corrected chi connectivity index (χ4v) is 2.52. The normalized spacial score (nSPS) is 22.1. The number of ketones is 1. The van der Waals surface area contributed by atoms with Gasteiger partial charge >= 0.3 is 0 Å². The Hall–Kier alpha value is -2.01. The zero-order valence-corrected chi connectivity index (χ0v) is 12.0. The number of nitrogens with zero attached hydrogens (tertiary/aromatic N) is 2. The van der Waals surface area contributed by atoms with Gasteiger partial charge in [0.05, 0.1) is 6.42 Å². The fraction of sp³-hybridized carbons (Fsp3) is 0.438. The van der Waals surface area contributed by atoms with Gasteiger partial charge in [-0.05, 0) is 26.2 Å². The fourth-order valence-electron chi connectivity index (χ4n) is 2.52. The molecule has 1 unspecified atom stereocenters. The van der Waals surface area contributed by atoms with Crippen molar-refractivity contribution in [2.24, 2.45) is 0 Å². The number of aromatic nitrogens is 2. The summed E-state index contributed by atoms with van der Waals surface area (Å²) >= 11 is 0. The molecular weight excluding hydrogens is 268 g/mol. The minimum atomic E-state index is -0.490. The first-order valence-electron chi connectivity index (χ1n) is 7.23. The zero-order chi connectivity index (χ0) is 14.7. The standard InChI is InChI=1S/C16H18N2O3/c1-16(9-5-6-10-20-16)15-17-14(21-18-15)11-13(19)12-7-3-2-4-8-12/h2-4,7-8H,5-6,9-11H2,1H3. The van der Waals surface area contributed by atoms with Crippen molar-refractivity contribution in [2.75, 3.05) is 6.61 Å². The maximum atomic E-state index is 12.1. The van der Waals surface area contributed by atoms with Crippen LogP contribution in [0.3, 0.4) is 0 Å². The first kappa shape index (κ1) is 13.9. The smallest absolute Gasteiger partial charge is 0.234 e. The number of rotatable bonds is 4. The summed E-state index contributed by atoms with van der Waals surface area (Å²) in [7, 11) is 0. The van der Waals surface area contributed by atoms with Crippen LogP contribution in [0.1, 0.15) is 48.3 Å². The Balaban J connectivity index is 1.72. The molecule has 1 saturated heterocycles. The maximum absolute atomic E-state index is 12.1. The molecule has 1 aromatic heterocycles. The summed E-state index contributed by atoms with van der Waals surface area (Å²) < 4.78 is 11.0. The Labute approximate surface area is 123 Å². The second-order valence-corrected chi connectivity index (χ2v) is 5.51. The number of hydrogen-bond acceptors (Lipinski definition) is 5. The lowest BCUT2D eigenvalue weighted by molar-refractivity contribution is -0.0770. The highest BCUT2D eigenvalue weighted by Gasteiger charge is 2.35. The first-order valence-corrected chi connectivity index (χ1v) is 7.23. The van der Waals surface area contributed by atoms with Gasteiger partial charge in [0.25, 0.3) is 0 Å². The Morgan fingerprint density at radius 1 is 1.29 bits per heavy atom. The molecule has 0 radical (unpaired) electrons. The van der Waals surface area contributed by atoms with Crippen molar-refractivity contribution < 1.29 is 14.1 Å². The van der Waals surface area contributed by atoms with Crippen LogP contribution >= 0.6 is 0 Å². The number of hydrogen-bond donors (Lipinski definition) is 0. The lowest BCUT2D eigenvalue weighted by Gasteiger charge is -2.30. The predicted octanol–water partition coefficient (Wildman–Crippen LogP) is 2.91. The first-order chi connectivity index (χ1) is 10.2. The quantitative estimate of drug-likeness (QED) is 0.808. The number of ether oxygens (including phenoxy) is 1. The van der Waals surface area contributed by atoms with Crippen LogP contribution in [0.2, 0.25) is 0 Å². The third-order valence-corrected chi connectivity index (χ3v) is 3.82. The van der Waals surface area contributed by atoms with Crippen LogP contribution in [0.15, 0.2) is 34.9 Å².